The van der Waals surface area contributed by atoms with Crippen molar-refractivity contribution in [2.75, 3.05) is 0 Å². The first-order valence-corrected chi connectivity index (χ1v) is 6.96. The van der Waals surface area contributed by atoms with E-state index in [1.807, 2.05) is 6.07 Å². The highest BCUT2D eigenvalue weighted by atomic mass is 15.0. The zero-order valence-corrected chi connectivity index (χ0v) is 11.2. The molecular formula is C18H14BN. The van der Waals surface area contributed by atoms with Gasteiger partial charge in [0.2, 0.25) is 0 Å². The third kappa shape index (κ3) is 1.65. The van der Waals surface area contributed by atoms with Crippen molar-refractivity contribution in [1.82, 2.24) is 4.57 Å². The van der Waals surface area contributed by atoms with E-state index in [1.54, 1.807) is 0 Å². The Morgan fingerprint density at radius 2 is 1.70 bits per heavy atom. The second-order valence-corrected chi connectivity index (χ2v) is 5.28. The van der Waals surface area contributed by atoms with Gasteiger partial charge >= 0.3 is 0 Å². The molecule has 4 rings (SSSR count). The number of allylic oxidation sites excluding steroid dienone is 1. The van der Waals surface area contributed by atoms with E-state index >= 15 is 0 Å². The second kappa shape index (κ2) is 4.41. The van der Waals surface area contributed by atoms with Crippen LogP contribution < -0.4 is 0 Å². The highest BCUT2D eigenvalue weighted by molar-refractivity contribution is 6.14. The molecule has 2 heteroatoms. The molecule has 0 saturated carbocycles. The van der Waals surface area contributed by atoms with Crippen LogP contribution in [0.25, 0.3) is 22.7 Å². The van der Waals surface area contributed by atoms with Crippen molar-refractivity contribution in [1.29, 1.82) is 0 Å². The lowest BCUT2D eigenvalue weighted by Gasteiger charge is -2.15. The van der Waals surface area contributed by atoms with E-state index in [4.69, 9.17) is 7.85 Å². The fourth-order valence-electron chi connectivity index (χ4n) is 3.09. The van der Waals surface area contributed by atoms with Gasteiger partial charge in [0.05, 0.1) is 13.4 Å². The summed E-state index contributed by atoms with van der Waals surface area (Å²) in [7, 11) is 6.09. The predicted molar refractivity (Wildman–Crippen MR) is 85.5 cm³/mol. The minimum Gasteiger partial charge on any atom is -0.310 e. The fourth-order valence-corrected chi connectivity index (χ4v) is 3.09. The number of rotatable bonds is 1. The smallest absolute Gasteiger partial charge is 0.0759 e. The summed E-state index contributed by atoms with van der Waals surface area (Å²) >= 11 is 0. The van der Waals surface area contributed by atoms with E-state index in [0.29, 0.717) is 0 Å². The van der Waals surface area contributed by atoms with E-state index < -0.39 is 0 Å². The highest BCUT2D eigenvalue weighted by Gasteiger charge is 2.19. The predicted octanol–water partition coefficient (Wildman–Crippen LogP) is 4.16. The first-order chi connectivity index (χ1) is 9.84. The Labute approximate surface area is 120 Å². The van der Waals surface area contributed by atoms with E-state index in [9.17, 15) is 0 Å². The Morgan fingerprint density at radius 1 is 0.950 bits per heavy atom. The Hall–Kier alpha value is -2.22. The zero-order chi connectivity index (χ0) is 13.5. The molecule has 20 heavy (non-hydrogen) atoms. The lowest BCUT2D eigenvalue weighted by molar-refractivity contribution is 0.962. The van der Waals surface area contributed by atoms with Crippen molar-refractivity contribution in [2.45, 2.75) is 12.2 Å². The van der Waals surface area contributed by atoms with Crippen LogP contribution in [0.1, 0.15) is 11.3 Å². The van der Waals surface area contributed by atoms with Gasteiger partial charge in [-0.25, -0.2) is 0 Å². The third-order valence-corrected chi connectivity index (χ3v) is 3.98. The monoisotopic (exact) mass is 255 g/mol. The molecule has 0 fully saturated rings. The lowest BCUT2D eigenvalue weighted by Crippen LogP contribution is -2.04. The molecule has 1 aliphatic rings. The molecule has 1 nitrogen and oxygen atoms in total. The van der Waals surface area contributed by atoms with Crippen LogP contribution in [0.4, 0.5) is 0 Å². The number of nitrogens with zero attached hydrogens (tertiary/aromatic N) is 1. The number of aromatic nitrogens is 1. The standard InChI is InChI=1S/C18H14BN/c19-13-10-11-18-16(12-13)15-8-4-5-9-17(15)20(18)14-6-2-1-3-7-14/h1-11,13H,12H2. The highest BCUT2D eigenvalue weighted by Crippen LogP contribution is 2.35. The number of benzene rings is 2. The maximum Gasteiger partial charge on any atom is 0.0759 e. The van der Waals surface area contributed by atoms with Gasteiger partial charge in [-0.1, -0.05) is 48.3 Å². The van der Waals surface area contributed by atoms with Gasteiger partial charge in [-0.3, -0.25) is 0 Å². The van der Waals surface area contributed by atoms with Crippen molar-refractivity contribution in [3.05, 3.63) is 71.9 Å². The molecule has 1 aliphatic carbocycles. The third-order valence-electron chi connectivity index (χ3n) is 3.98. The largest absolute Gasteiger partial charge is 0.310 e. The van der Waals surface area contributed by atoms with Gasteiger partial charge in [-0.15, -0.1) is 0 Å². The molecule has 1 atom stereocenters. The number of hydrogen-bond donors (Lipinski definition) is 0. The molecule has 0 amide bonds. The molecule has 3 aromatic rings. The number of para-hydroxylation sites is 2. The van der Waals surface area contributed by atoms with Gasteiger partial charge in [0.25, 0.3) is 0 Å². The van der Waals surface area contributed by atoms with Crippen molar-refractivity contribution < 1.29 is 0 Å². The average molecular weight is 255 g/mol. The van der Waals surface area contributed by atoms with Gasteiger partial charge in [0, 0.05) is 16.8 Å². The molecular weight excluding hydrogens is 241 g/mol. The minimum absolute atomic E-state index is 0.123. The molecule has 0 N–H and O–H groups in total. The summed E-state index contributed by atoms with van der Waals surface area (Å²) in [5.74, 6) is 0.123. The molecule has 1 aromatic heterocycles. The minimum atomic E-state index is 0.123. The summed E-state index contributed by atoms with van der Waals surface area (Å²) in [6.45, 7) is 0. The number of hydrogen-bond acceptors (Lipinski definition) is 0. The molecule has 0 saturated heterocycles. The normalized spacial score (nSPS) is 17.3. The van der Waals surface area contributed by atoms with Crippen LogP contribution in [0, 0.1) is 0 Å². The summed E-state index contributed by atoms with van der Waals surface area (Å²) in [5, 5.41) is 1.31. The van der Waals surface area contributed by atoms with Crippen LogP contribution in [0.3, 0.4) is 0 Å². The summed E-state index contributed by atoms with van der Waals surface area (Å²) in [6, 6.07) is 19.1. The molecule has 1 heterocycles. The first-order valence-electron chi connectivity index (χ1n) is 6.96. The summed E-state index contributed by atoms with van der Waals surface area (Å²) in [6.07, 6.45) is 5.17. The summed E-state index contributed by atoms with van der Waals surface area (Å²) in [4.78, 5) is 0. The van der Waals surface area contributed by atoms with Crippen LogP contribution in [0.2, 0.25) is 5.82 Å². The van der Waals surface area contributed by atoms with Gasteiger partial charge in [-0.2, -0.15) is 0 Å². The van der Waals surface area contributed by atoms with Crippen molar-refractivity contribution in [3.63, 3.8) is 0 Å². The van der Waals surface area contributed by atoms with E-state index in [1.165, 1.54) is 27.8 Å². The van der Waals surface area contributed by atoms with E-state index in [-0.39, 0.29) is 5.82 Å². The average Bonchev–Trinajstić information content (AvgIpc) is 2.82. The van der Waals surface area contributed by atoms with Gasteiger partial charge in [0.1, 0.15) is 0 Å². The Bertz CT molecular complexity index is 799. The Morgan fingerprint density at radius 3 is 2.55 bits per heavy atom. The molecule has 2 aromatic carbocycles. The number of fused-ring (bicyclic) bond motifs is 3. The maximum atomic E-state index is 6.09. The van der Waals surface area contributed by atoms with Crippen LogP contribution in [0.5, 0.6) is 0 Å². The summed E-state index contributed by atoms with van der Waals surface area (Å²) in [5.41, 5.74) is 5.08. The summed E-state index contributed by atoms with van der Waals surface area (Å²) < 4.78 is 2.33. The fraction of sp³-hybridized carbons (Fsp3) is 0.111. The van der Waals surface area contributed by atoms with Crippen molar-refractivity contribution in [2.24, 2.45) is 0 Å². The quantitative estimate of drug-likeness (QED) is 0.575. The van der Waals surface area contributed by atoms with Gasteiger partial charge in [-0.05, 0) is 36.3 Å². The molecule has 0 bridgehead atoms. The lowest BCUT2D eigenvalue weighted by atomic mass is 9.78. The molecule has 0 spiro atoms. The molecule has 2 radical (unpaired) electrons. The molecule has 1 unspecified atom stereocenters. The van der Waals surface area contributed by atoms with Gasteiger partial charge < -0.3 is 4.57 Å². The van der Waals surface area contributed by atoms with E-state index in [0.717, 1.165) is 6.42 Å². The van der Waals surface area contributed by atoms with E-state index in [2.05, 4.69) is 65.3 Å². The van der Waals surface area contributed by atoms with Crippen molar-refractivity contribution in [3.8, 4) is 5.69 Å². The SMILES string of the molecule is [B]C1C=Cc2c(c3ccccc3n2-c2ccccc2)C1. The molecule has 0 aliphatic heterocycles. The van der Waals surface area contributed by atoms with Crippen LogP contribution >= 0.6 is 0 Å². The maximum absolute atomic E-state index is 6.09. The topological polar surface area (TPSA) is 4.93 Å². The second-order valence-electron chi connectivity index (χ2n) is 5.28. The molecule has 94 valence electrons. The Kier molecular flexibility index (Phi) is 2.56. The van der Waals surface area contributed by atoms with Crippen LogP contribution in [0.15, 0.2) is 60.7 Å². The first kappa shape index (κ1) is 11.6. The Balaban J connectivity index is 2.10. The zero-order valence-electron chi connectivity index (χ0n) is 11.2. The van der Waals surface area contributed by atoms with Crippen molar-refractivity contribution >= 4 is 24.8 Å². The van der Waals surface area contributed by atoms with Gasteiger partial charge in [0.15, 0.2) is 0 Å². The van der Waals surface area contributed by atoms with Crippen LogP contribution in [-0.2, 0) is 6.42 Å². The van der Waals surface area contributed by atoms with Crippen LogP contribution in [-0.4, -0.2) is 12.4 Å².